The summed E-state index contributed by atoms with van der Waals surface area (Å²) < 4.78 is 1.13. The lowest BCUT2D eigenvalue weighted by Gasteiger charge is -2.07. The lowest BCUT2D eigenvalue weighted by Crippen LogP contribution is -2.03. The van der Waals surface area contributed by atoms with Gasteiger partial charge in [0.05, 0.1) is 0 Å². The second-order valence-corrected chi connectivity index (χ2v) is 6.48. The van der Waals surface area contributed by atoms with Crippen LogP contribution >= 0.6 is 39.3 Å². The Morgan fingerprint density at radius 3 is 2.58 bits per heavy atom. The first kappa shape index (κ1) is 14.9. The minimum Gasteiger partial charge on any atom is -0.330 e. The fourth-order valence-electron chi connectivity index (χ4n) is 1.75. The predicted octanol–water partition coefficient (Wildman–Crippen LogP) is 4.90. The highest BCUT2D eigenvalue weighted by atomic mass is 79.9. The van der Waals surface area contributed by atoms with Gasteiger partial charge in [0.15, 0.2) is 0 Å². The van der Waals surface area contributed by atoms with Gasteiger partial charge in [-0.15, -0.1) is 11.8 Å². The van der Waals surface area contributed by atoms with Crippen LogP contribution in [0.1, 0.15) is 11.1 Å². The zero-order valence-electron chi connectivity index (χ0n) is 10.4. The Labute approximate surface area is 131 Å². The zero-order chi connectivity index (χ0) is 13.7. The SMILES string of the molecule is NCCc1ccc(SCc2ccccc2Cl)cc1Br. The maximum atomic E-state index is 6.15. The molecule has 0 aromatic heterocycles. The Morgan fingerprint density at radius 1 is 1.11 bits per heavy atom. The van der Waals surface area contributed by atoms with E-state index in [-0.39, 0.29) is 0 Å². The van der Waals surface area contributed by atoms with Crippen molar-refractivity contribution >= 4 is 39.3 Å². The van der Waals surface area contributed by atoms with E-state index >= 15 is 0 Å². The molecule has 0 bridgehead atoms. The molecule has 2 N–H and O–H groups in total. The second kappa shape index (κ2) is 7.34. The molecule has 0 saturated heterocycles. The van der Waals surface area contributed by atoms with Gasteiger partial charge in [0, 0.05) is 20.1 Å². The maximum absolute atomic E-state index is 6.15. The number of rotatable bonds is 5. The van der Waals surface area contributed by atoms with Crippen LogP contribution in [-0.2, 0) is 12.2 Å². The van der Waals surface area contributed by atoms with Crippen molar-refractivity contribution in [2.24, 2.45) is 5.73 Å². The fraction of sp³-hybridized carbons (Fsp3) is 0.200. The monoisotopic (exact) mass is 355 g/mol. The summed E-state index contributed by atoms with van der Waals surface area (Å²) in [5.41, 5.74) is 8.00. The topological polar surface area (TPSA) is 26.0 Å². The van der Waals surface area contributed by atoms with E-state index in [0.717, 1.165) is 27.2 Å². The second-order valence-electron chi connectivity index (χ2n) is 4.17. The summed E-state index contributed by atoms with van der Waals surface area (Å²) in [6, 6.07) is 14.4. The molecule has 19 heavy (non-hydrogen) atoms. The molecule has 2 aromatic carbocycles. The van der Waals surface area contributed by atoms with Gasteiger partial charge >= 0.3 is 0 Å². The Hall–Kier alpha value is -0.480. The number of nitrogens with two attached hydrogens (primary N) is 1. The molecule has 0 spiro atoms. The Morgan fingerprint density at radius 2 is 1.89 bits per heavy atom. The van der Waals surface area contributed by atoms with Crippen molar-refractivity contribution in [1.82, 2.24) is 0 Å². The van der Waals surface area contributed by atoms with Crippen LogP contribution in [0.2, 0.25) is 5.02 Å². The molecule has 0 atom stereocenters. The van der Waals surface area contributed by atoms with Crippen molar-refractivity contribution in [3.05, 3.63) is 63.1 Å². The molecule has 2 aromatic rings. The molecule has 0 unspecified atom stereocenters. The molecule has 100 valence electrons. The van der Waals surface area contributed by atoms with Crippen LogP contribution in [0.5, 0.6) is 0 Å². The van der Waals surface area contributed by atoms with Crippen LogP contribution in [0.3, 0.4) is 0 Å². The van der Waals surface area contributed by atoms with E-state index in [2.05, 4.69) is 40.2 Å². The molecule has 0 aliphatic carbocycles. The van der Waals surface area contributed by atoms with Crippen LogP contribution < -0.4 is 5.73 Å². The van der Waals surface area contributed by atoms with E-state index in [1.54, 1.807) is 11.8 Å². The van der Waals surface area contributed by atoms with Crippen molar-refractivity contribution in [2.75, 3.05) is 6.54 Å². The summed E-state index contributed by atoms with van der Waals surface area (Å²) >= 11 is 11.5. The van der Waals surface area contributed by atoms with Gasteiger partial charge in [-0.25, -0.2) is 0 Å². The molecule has 2 rings (SSSR count). The first-order chi connectivity index (χ1) is 9.20. The van der Waals surface area contributed by atoms with Crippen LogP contribution in [0.15, 0.2) is 51.8 Å². The quantitative estimate of drug-likeness (QED) is 0.771. The third-order valence-corrected chi connectivity index (χ3v) is 4.94. The third-order valence-electron chi connectivity index (χ3n) is 2.79. The molecule has 1 nitrogen and oxygen atoms in total. The molecule has 0 aliphatic heterocycles. The first-order valence-electron chi connectivity index (χ1n) is 6.05. The minimum atomic E-state index is 0.671. The average Bonchev–Trinajstić information content (AvgIpc) is 2.41. The van der Waals surface area contributed by atoms with Crippen molar-refractivity contribution in [3.8, 4) is 0 Å². The number of benzene rings is 2. The standard InChI is InChI=1S/C15H15BrClNS/c16-14-9-13(6-5-11(14)7-8-18)19-10-12-3-1-2-4-15(12)17/h1-6,9H,7-8,10,18H2. The first-order valence-corrected chi connectivity index (χ1v) is 8.21. The van der Waals surface area contributed by atoms with Crippen LogP contribution in [0.25, 0.3) is 0 Å². The molecule has 0 aliphatic rings. The van der Waals surface area contributed by atoms with E-state index in [1.807, 2.05) is 18.2 Å². The van der Waals surface area contributed by atoms with E-state index in [1.165, 1.54) is 10.5 Å². The van der Waals surface area contributed by atoms with Gasteiger partial charge < -0.3 is 5.73 Å². The Kier molecular flexibility index (Phi) is 5.76. The van der Waals surface area contributed by atoms with Crippen LogP contribution in [0.4, 0.5) is 0 Å². The van der Waals surface area contributed by atoms with E-state index in [0.29, 0.717) is 6.54 Å². The lowest BCUT2D eigenvalue weighted by atomic mass is 10.1. The van der Waals surface area contributed by atoms with Gasteiger partial charge in [0.2, 0.25) is 0 Å². The summed E-state index contributed by atoms with van der Waals surface area (Å²) in [4.78, 5) is 1.23. The molecule has 0 radical (unpaired) electrons. The Balaban J connectivity index is 2.04. The average molecular weight is 357 g/mol. The normalized spacial score (nSPS) is 10.7. The number of hydrogen-bond donors (Lipinski definition) is 1. The van der Waals surface area contributed by atoms with Gasteiger partial charge in [-0.3, -0.25) is 0 Å². The molecule has 4 heteroatoms. The van der Waals surface area contributed by atoms with Crippen molar-refractivity contribution < 1.29 is 0 Å². The number of hydrogen-bond acceptors (Lipinski definition) is 2. The highest BCUT2D eigenvalue weighted by Crippen LogP contribution is 2.29. The predicted molar refractivity (Wildman–Crippen MR) is 87.9 cm³/mol. The van der Waals surface area contributed by atoms with Crippen LogP contribution in [-0.4, -0.2) is 6.54 Å². The van der Waals surface area contributed by atoms with Crippen molar-refractivity contribution in [2.45, 2.75) is 17.1 Å². The summed E-state index contributed by atoms with van der Waals surface area (Å²) in [6.07, 6.45) is 0.899. The molecule has 0 amide bonds. The fourth-order valence-corrected chi connectivity index (χ4v) is 3.70. The van der Waals surface area contributed by atoms with Gasteiger partial charge in [-0.2, -0.15) is 0 Å². The van der Waals surface area contributed by atoms with Crippen molar-refractivity contribution in [1.29, 1.82) is 0 Å². The van der Waals surface area contributed by atoms with Gasteiger partial charge in [-0.1, -0.05) is 51.8 Å². The minimum absolute atomic E-state index is 0.671. The Bertz CT molecular complexity index is 560. The number of thioether (sulfide) groups is 1. The molecule has 0 fully saturated rings. The highest BCUT2D eigenvalue weighted by molar-refractivity contribution is 9.10. The molecule has 0 saturated carbocycles. The summed E-state index contributed by atoms with van der Waals surface area (Å²) in [7, 11) is 0. The van der Waals surface area contributed by atoms with Crippen molar-refractivity contribution in [3.63, 3.8) is 0 Å². The molecular formula is C15H15BrClNS. The molecular weight excluding hydrogens is 342 g/mol. The smallest absolute Gasteiger partial charge is 0.0446 e. The molecule has 0 heterocycles. The largest absolute Gasteiger partial charge is 0.330 e. The van der Waals surface area contributed by atoms with Gasteiger partial charge in [-0.05, 0) is 42.3 Å². The summed E-state index contributed by atoms with van der Waals surface area (Å²) in [5, 5.41) is 0.828. The van der Waals surface area contributed by atoms with E-state index in [4.69, 9.17) is 17.3 Å². The highest BCUT2D eigenvalue weighted by Gasteiger charge is 2.04. The third kappa shape index (κ3) is 4.25. The van der Waals surface area contributed by atoms with Crippen LogP contribution in [0, 0.1) is 0 Å². The van der Waals surface area contributed by atoms with E-state index < -0.39 is 0 Å². The maximum Gasteiger partial charge on any atom is 0.0446 e. The number of halogens is 2. The lowest BCUT2D eigenvalue weighted by molar-refractivity contribution is 0.960. The summed E-state index contributed by atoms with van der Waals surface area (Å²) in [5.74, 6) is 0.877. The van der Waals surface area contributed by atoms with E-state index in [9.17, 15) is 0 Å². The van der Waals surface area contributed by atoms with Gasteiger partial charge in [0.1, 0.15) is 0 Å². The zero-order valence-corrected chi connectivity index (χ0v) is 13.6. The van der Waals surface area contributed by atoms with Gasteiger partial charge in [0.25, 0.3) is 0 Å². The summed E-state index contributed by atoms with van der Waals surface area (Å²) in [6.45, 7) is 0.671.